The van der Waals surface area contributed by atoms with Gasteiger partial charge in [0.05, 0.1) is 6.42 Å². The lowest BCUT2D eigenvalue weighted by molar-refractivity contribution is -0.136. The third-order valence-electron chi connectivity index (χ3n) is 1.58. The molecule has 1 amide bonds. The maximum Gasteiger partial charge on any atom is 0.304 e. The minimum absolute atomic E-state index is 0.0912. The van der Waals surface area contributed by atoms with Crippen LogP contribution in [0.3, 0.4) is 0 Å². The number of thioether (sulfide) groups is 1. The summed E-state index contributed by atoms with van der Waals surface area (Å²) < 4.78 is 0. The first-order chi connectivity index (χ1) is 7.97. The summed E-state index contributed by atoms with van der Waals surface area (Å²) in [5, 5.41) is 10.9. The topological polar surface area (TPSA) is 83.5 Å². The average Bonchev–Trinajstić information content (AvgIpc) is 2.25. The van der Waals surface area contributed by atoms with Crippen molar-refractivity contribution < 1.29 is 19.5 Å². The highest BCUT2D eigenvalue weighted by Gasteiger charge is 2.18. The summed E-state index contributed by atoms with van der Waals surface area (Å²) in [6, 6.07) is -0.509. The van der Waals surface area contributed by atoms with Gasteiger partial charge >= 0.3 is 5.97 Å². The Hall–Kier alpha value is -0.340. The van der Waals surface area contributed by atoms with Crippen LogP contribution >= 0.6 is 33.3 Å². The maximum atomic E-state index is 11.5. The van der Waals surface area contributed by atoms with E-state index in [4.69, 9.17) is 5.11 Å². The van der Waals surface area contributed by atoms with E-state index in [1.807, 2.05) is 0 Å². The van der Waals surface area contributed by atoms with Gasteiger partial charge in [-0.05, 0) is 6.26 Å². The highest BCUT2D eigenvalue weighted by Crippen LogP contribution is 2.23. The monoisotopic (exact) mass is 297 g/mol. The number of carboxylic acids is 1. The normalized spacial score (nSPS) is 11.9. The van der Waals surface area contributed by atoms with Crippen molar-refractivity contribution in [2.75, 3.05) is 17.8 Å². The van der Waals surface area contributed by atoms with Crippen LogP contribution < -0.4 is 5.32 Å². The molecule has 0 aliphatic heterocycles. The maximum absolute atomic E-state index is 11.5. The van der Waals surface area contributed by atoms with E-state index in [0.717, 1.165) is 11.8 Å². The van der Waals surface area contributed by atoms with Gasteiger partial charge in [-0.25, -0.2) is 0 Å². The second-order valence-corrected chi connectivity index (χ2v) is 6.46. The van der Waals surface area contributed by atoms with E-state index in [0.29, 0.717) is 11.5 Å². The molecule has 8 heteroatoms. The Bertz CT molecular complexity index is 285. The summed E-state index contributed by atoms with van der Waals surface area (Å²) >= 11 is 1.07. The van der Waals surface area contributed by atoms with Crippen LogP contribution in [0.5, 0.6) is 0 Å². The summed E-state index contributed by atoms with van der Waals surface area (Å²) in [5.74, 6) is -0.144. The molecule has 5 nitrogen and oxygen atoms in total. The summed E-state index contributed by atoms with van der Waals surface area (Å²) in [5.41, 5.74) is 0. The Morgan fingerprint density at radius 1 is 1.29 bits per heavy atom. The van der Waals surface area contributed by atoms with Gasteiger partial charge in [0.25, 0.3) is 0 Å². The number of hydrogen-bond acceptors (Lipinski definition) is 6. The first kappa shape index (κ1) is 16.7. The van der Waals surface area contributed by atoms with Gasteiger partial charge < -0.3 is 10.4 Å². The zero-order chi connectivity index (χ0) is 13.3. The Morgan fingerprint density at radius 2 is 1.94 bits per heavy atom. The quantitative estimate of drug-likeness (QED) is 0.515. The van der Waals surface area contributed by atoms with Crippen LogP contribution in [-0.4, -0.2) is 45.9 Å². The second-order valence-electron chi connectivity index (χ2n) is 3.03. The molecule has 0 unspecified atom stereocenters. The molecule has 0 fully saturated rings. The van der Waals surface area contributed by atoms with Gasteiger partial charge in [-0.1, -0.05) is 33.3 Å². The fourth-order valence-electron chi connectivity index (χ4n) is 0.860. The van der Waals surface area contributed by atoms with Crippen molar-refractivity contribution in [2.45, 2.75) is 19.4 Å². The third kappa shape index (κ3) is 9.37. The molecule has 1 atom stereocenters. The number of nitrogens with one attached hydrogen (secondary N) is 1. The van der Waals surface area contributed by atoms with Gasteiger partial charge in [0.1, 0.15) is 6.04 Å². The van der Waals surface area contributed by atoms with Crippen molar-refractivity contribution in [1.29, 1.82) is 0 Å². The molecule has 0 aromatic carbocycles. The van der Waals surface area contributed by atoms with E-state index in [2.05, 4.69) is 5.32 Å². The van der Waals surface area contributed by atoms with Crippen molar-refractivity contribution >= 4 is 50.3 Å². The number of carbonyl (C=O) groups excluding carboxylic acids is 2. The number of amides is 1. The predicted octanol–water partition coefficient (Wildman–Crippen LogP) is 1.24. The fraction of sp³-hybridized carbons (Fsp3) is 0.667. The molecule has 0 heterocycles. The summed E-state index contributed by atoms with van der Waals surface area (Å²) in [4.78, 5) is 32.6. The molecule has 98 valence electrons. The molecular formula is C9H15NO4S3. The average molecular weight is 297 g/mol. The van der Waals surface area contributed by atoms with E-state index in [1.54, 1.807) is 6.26 Å². The van der Waals surface area contributed by atoms with Gasteiger partial charge in [0.15, 0.2) is 0 Å². The van der Waals surface area contributed by atoms with Crippen LogP contribution in [-0.2, 0) is 14.4 Å². The van der Waals surface area contributed by atoms with Gasteiger partial charge in [0, 0.05) is 18.4 Å². The van der Waals surface area contributed by atoms with E-state index in [1.165, 1.54) is 28.5 Å². The molecule has 0 rings (SSSR count). The molecule has 0 spiro atoms. The van der Waals surface area contributed by atoms with E-state index < -0.39 is 12.0 Å². The zero-order valence-electron chi connectivity index (χ0n) is 9.60. The van der Waals surface area contributed by atoms with Crippen LogP contribution in [0.4, 0.5) is 0 Å². The Balaban J connectivity index is 3.87. The molecule has 0 aliphatic carbocycles. The number of aliphatic carboxylic acids is 1. The molecule has 0 radical (unpaired) electrons. The van der Waals surface area contributed by atoms with Crippen molar-refractivity contribution in [3.8, 4) is 0 Å². The molecule has 0 aromatic heterocycles. The number of rotatable bonds is 8. The lowest BCUT2D eigenvalue weighted by atomic mass is 10.4. The molecule has 0 aliphatic rings. The van der Waals surface area contributed by atoms with Crippen LogP contribution in [0, 0.1) is 0 Å². The molecule has 2 N–H and O–H groups in total. The Labute approximate surface area is 112 Å². The number of carboxylic acid groups (broad SMARTS) is 1. The van der Waals surface area contributed by atoms with E-state index >= 15 is 0 Å². The smallest absolute Gasteiger partial charge is 0.304 e. The van der Waals surface area contributed by atoms with E-state index in [9.17, 15) is 14.4 Å². The van der Waals surface area contributed by atoms with Crippen molar-refractivity contribution in [3.05, 3.63) is 0 Å². The third-order valence-corrected chi connectivity index (χ3v) is 4.68. The largest absolute Gasteiger partial charge is 0.481 e. The van der Waals surface area contributed by atoms with Crippen molar-refractivity contribution in [1.82, 2.24) is 5.32 Å². The molecule has 0 bridgehead atoms. The van der Waals surface area contributed by atoms with Crippen LogP contribution in [0.25, 0.3) is 0 Å². The molecule has 0 saturated carbocycles. The SMILES string of the molecule is CSC(=O)[C@H](CSSCCC(=O)O)NC(C)=O. The summed E-state index contributed by atoms with van der Waals surface area (Å²) in [6.07, 6.45) is 1.76. The predicted molar refractivity (Wildman–Crippen MR) is 73.3 cm³/mol. The second kappa shape index (κ2) is 9.67. The van der Waals surface area contributed by atoms with Gasteiger partial charge in [-0.2, -0.15) is 0 Å². The summed E-state index contributed by atoms with van der Waals surface area (Å²) in [6.45, 7) is 1.36. The minimum atomic E-state index is -0.836. The highest BCUT2D eigenvalue weighted by molar-refractivity contribution is 8.76. The fourth-order valence-corrected chi connectivity index (χ4v) is 3.54. The molecular weight excluding hydrogens is 282 g/mol. The standard InChI is InChI=1S/C9H15NO4S3/c1-6(11)10-7(9(14)15-2)5-17-16-4-3-8(12)13/h7H,3-5H2,1-2H3,(H,10,11)(H,12,13)/t7-/m0/s1. The first-order valence-electron chi connectivity index (χ1n) is 4.78. The van der Waals surface area contributed by atoms with Gasteiger partial charge in [0.2, 0.25) is 11.0 Å². The molecule has 0 saturated heterocycles. The lowest BCUT2D eigenvalue weighted by Gasteiger charge is -2.14. The summed E-state index contributed by atoms with van der Waals surface area (Å²) in [7, 11) is 2.78. The Kier molecular flexibility index (Phi) is 9.47. The first-order valence-corrected chi connectivity index (χ1v) is 8.49. The number of carbonyl (C=O) groups is 3. The Morgan fingerprint density at radius 3 is 2.41 bits per heavy atom. The highest BCUT2D eigenvalue weighted by atomic mass is 33.1. The van der Waals surface area contributed by atoms with Crippen LogP contribution in [0.15, 0.2) is 0 Å². The zero-order valence-corrected chi connectivity index (χ0v) is 12.0. The van der Waals surface area contributed by atoms with Gasteiger partial charge in [-0.15, -0.1) is 0 Å². The van der Waals surface area contributed by atoms with Crippen molar-refractivity contribution in [3.63, 3.8) is 0 Å². The van der Waals surface area contributed by atoms with Crippen LogP contribution in [0.1, 0.15) is 13.3 Å². The number of hydrogen-bond donors (Lipinski definition) is 2. The van der Waals surface area contributed by atoms with Crippen molar-refractivity contribution in [2.24, 2.45) is 0 Å². The lowest BCUT2D eigenvalue weighted by Crippen LogP contribution is -2.40. The molecule has 17 heavy (non-hydrogen) atoms. The molecule has 0 aromatic rings. The van der Waals surface area contributed by atoms with Gasteiger partial charge in [-0.3, -0.25) is 14.4 Å². The minimum Gasteiger partial charge on any atom is -0.481 e. The van der Waals surface area contributed by atoms with Crippen LogP contribution in [0.2, 0.25) is 0 Å². The van der Waals surface area contributed by atoms with E-state index in [-0.39, 0.29) is 17.4 Å².